The molecule has 25 heavy (non-hydrogen) atoms. The van der Waals surface area contributed by atoms with Crippen LogP contribution in [0.5, 0.6) is 11.5 Å². The molecule has 0 aliphatic heterocycles. The van der Waals surface area contributed by atoms with E-state index in [1.165, 1.54) is 16.9 Å². The summed E-state index contributed by atoms with van der Waals surface area (Å²) in [5.74, 6) is 1.36. The summed E-state index contributed by atoms with van der Waals surface area (Å²) in [6, 6.07) is 13.9. The topological polar surface area (TPSA) is 55.7 Å². The number of thiazole rings is 1. The van der Waals surface area contributed by atoms with Crippen molar-refractivity contribution in [3.63, 3.8) is 0 Å². The highest BCUT2D eigenvalue weighted by atomic mass is 32.1. The Morgan fingerprint density at radius 2 is 1.80 bits per heavy atom. The van der Waals surface area contributed by atoms with Crippen LogP contribution in [0.25, 0.3) is 11.3 Å². The largest absolute Gasteiger partial charge is 0.493 e. The van der Waals surface area contributed by atoms with Crippen molar-refractivity contribution in [2.24, 2.45) is 5.10 Å². The average Bonchev–Trinajstić information content (AvgIpc) is 3.11. The summed E-state index contributed by atoms with van der Waals surface area (Å²) >= 11 is 1.52. The van der Waals surface area contributed by atoms with E-state index in [1.54, 1.807) is 20.4 Å². The Kier molecular flexibility index (Phi) is 5.30. The minimum atomic E-state index is 0.669. The van der Waals surface area contributed by atoms with Gasteiger partial charge in [0.25, 0.3) is 0 Å². The van der Waals surface area contributed by atoms with Gasteiger partial charge >= 0.3 is 0 Å². The molecule has 0 saturated heterocycles. The van der Waals surface area contributed by atoms with Crippen molar-refractivity contribution in [1.29, 1.82) is 0 Å². The Morgan fingerprint density at radius 1 is 1.04 bits per heavy atom. The Balaban J connectivity index is 1.67. The van der Waals surface area contributed by atoms with Crippen molar-refractivity contribution in [2.75, 3.05) is 19.6 Å². The molecule has 0 bridgehead atoms. The third-order valence-corrected chi connectivity index (χ3v) is 4.38. The van der Waals surface area contributed by atoms with Gasteiger partial charge in [0.1, 0.15) is 0 Å². The van der Waals surface area contributed by atoms with Crippen LogP contribution in [0.3, 0.4) is 0 Å². The quantitative estimate of drug-likeness (QED) is 0.520. The third-order valence-electron chi connectivity index (χ3n) is 3.63. The molecule has 1 heterocycles. The van der Waals surface area contributed by atoms with Crippen molar-refractivity contribution < 1.29 is 9.47 Å². The lowest BCUT2D eigenvalue weighted by Gasteiger charge is -2.07. The van der Waals surface area contributed by atoms with Crippen LogP contribution < -0.4 is 14.9 Å². The number of ether oxygens (including phenoxy) is 2. The lowest BCUT2D eigenvalue weighted by molar-refractivity contribution is 0.355. The van der Waals surface area contributed by atoms with Gasteiger partial charge < -0.3 is 9.47 Å². The number of nitrogens with zero attached hydrogens (tertiary/aromatic N) is 2. The maximum Gasteiger partial charge on any atom is 0.203 e. The van der Waals surface area contributed by atoms with Gasteiger partial charge in [-0.3, -0.25) is 5.43 Å². The second kappa shape index (κ2) is 7.81. The maximum atomic E-state index is 5.28. The number of hydrogen-bond donors (Lipinski definition) is 1. The number of rotatable bonds is 6. The van der Waals surface area contributed by atoms with Crippen molar-refractivity contribution in [3.05, 3.63) is 59.0 Å². The molecule has 0 atom stereocenters. The molecule has 0 spiro atoms. The summed E-state index contributed by atoms with van der Waals surface area (Å²) in [7, 11) is 3.22. The highest BCUT2D eigenvalue weighted by Crippen LogP contribution is 2.27. The Bertz CT molecular complexity index is 873. The summed E-state index contributed by atoms with van der Waals surface area (Å²) in [6.07, 6.45) is 1.72. The van der Waals surface area contributed by atoms with Gasteiger partial charge in [0.15, 0.2) is 11.5 Å². The van der Waals surface area contributed by atoms with E-state index >= 15 is 0 Å². The SMILES string of the molecule is COc1ccc(/C=N\Nc2nc(-c3ccc(C)cc3)cs2)cc1OC. The third kappa shape index (κ3) is 4.16. The van der Waals surface area contributed by atoms with Crippen LogP contribution in [0.2, 0.25) is 0 Å². The van der Waals surface area contributed by atoms with Gasteiger partial charge in [-0.25, -0.2) is 4.98 Å². The van der Waals surface area contributed by atoms with Gasteiger partial charge in [0.05, 0.1) is 26.1 Å². The van der Waals surface area contributed by atoms with E-state index in [2.05, 4.69) is 46.7 Å². The van der Waals surface area contributed by atoms with Crippen LogP contribution in [0.1, 0.15) is 11.1 Å². The molecule has 0 saturated carbocycles. The Labute approximate surface area is 151 Å². The first-order valence-electron chi connectivity index (χ1n) is 7.73. The molecule has 5 nitrogen and oxygen atoms in total. The van der Waals surface area contributed by atoms with Crippen LogP contribution in [0.4, 0.5) is 5.13 Å². The van der Waals surface area contributed by atoms with Gasteiger partial charge in [-0.1, -0.05) is 29.8 Å². The monoisotopic (exact) mass is 353 g/mol. The first-order valence-corrected chi connectivity index (χ1v) is 8.61. The van der Waals surface area contributed by atoms with Gasteiger partial charge in [0.2, 0.25) is 5.13 Å². The lowest BCUT2D eigenvalue weighted by Crippen LogP contribution is -1.94. The summed E-state index contributed by atoms with van der Waals surface area (Å²) in [5.41, 5.74) is 7.14. The fourth-order valence-electron chi connectivity index (χ4n) is 2.28. The van der Waals surface area contributed by atoms with Gasteiger partial charge in [-0.05, 0) is 30.7 Å². The molecule has 3 rings (SSSR count). The Hall–Kier alpha value is -2.86. The molecule has 0 aliphatic carbocycles. The molecule has 3 aromatic rings. The maximum absolute atomic E-state index is 5.28. The van der Waals surface area contributed by atoms with E-state index in [9.17, 15) is 0 Å². The number of hydrazone groups is 1. The molecule has 0 fully saturated rings. The highest BCUT2D eigenvalue weighted by molar-refractivity contribution is 7.14. The second-order valence-corrected chi connectivity index (χ2v) is 6.25. The van der Waals surface area contributed by atoms with Crippen LogP contribution >= 0.6 is 11.3 Å². The molecule has 128 valence electrons. The predicted octanol–water partition coefficient (Wildman–Crippen LogP) is 4.58. The van der Waals surface area contributed by atoms with Crippen LogP contribution in [0, 0.1) is 6.92 Å². The van der Waals surface area contributed by atoms with E-state index in [1.807, 2.05) is 23.6 Å². The molecule has 6 heteroatoms. The van der Waals surface area contributed by atoms with Crippen LogP contribution in [0.15, 0.2) is 52.9 Å². The van der Waals surface area contributed by atoms with E-state index in [-0.39, 0.29) is 0 Å². The number of aromatic nitrogens is 1. The van der Waals surface area contributed by atoms with E-state index in [0.29, 0.717) is 11.5 Å². The summed E-state index contributed by atoms with van der Waals surface area (Å²) in [4.78, 5) is 4.55. The molecule has 2 aromatic carbocycles. The summed E-state index contributed by atoms with van der Waals surface area (Å²) in [5, 5.41) is 7.00. The highest BCUT2D eigenvalue weighted by Gasteiger charge is 2.05. The number of anilines is 1. The zero-order chi connectivity index (χ0) is 17.6. The lowest BCUT2D eigenvalue weighted by atomic mass is 10.1. The Morgan fingerprint density at radius 3 is 2.52 bits per heavy atom. The zero-order valence-corrected chi connectivity index (χ0v) is 15.1. The van der Waals surface area contributed by atoms with E-state index in [4.69, 9.17) is 9.47 Å². The minimum Gasteiger partial charge on any atom is -0.493 e. The van der Waals surface area contributed by atoms with Crippen molar-refractivity contribution in [1.82, 2.24) is 4.98 Å². The summed E-state index contributed by atoms with van der Waals surface area (Å²) < 4.78 is 10.5. The fraction of sp³-hybridized carbons (Fsp3) is 0.158. The molecule has 1 N–H and O–H groups in total. The standard InChI is InChI=1S/C19H19N3O2S/c1-13-4-7-15(8-5-13)16-12-25-19(21-16)22-20-11-14-6-9-17(23-2)18(10-14)24-3/h4-12H,1-3H3,(H,21,22)/b20-11-. The van der Waals surface area contributed by atoms with Crippen molar-refractivity contribution >= 4 is 22.7 Å². The van der Waals surface area contributed by atoms with E-state index in [0.717, 1.165) is 22.0 Å². The fourth-order valence-corrected chi connectivity index (χ4v) is 2.95. The molecule has 0 amide bonds. The first kappa shape index (κ1) is 17.0. The van der Waals surface area contributed by atoms with Crippen LogP contribution in [-0.4, -0.2) is 25.4 Å². The van der Waals surface area contributed by atoms with Crippen molar-refractivity contribution in [2.45, 2.75) is 6.92 Å². The first-order chi connectivity index (χ1) is 12.2. The molecule has 0 unspecified atom stereocenters. The molecule has 0 radical (unpaired) electrons. The predicted molar refractivity (Wildman–Crippen MR) is 103 cm³/mol. The molecule has 1 aromatic heterocycles. The normalized spacial score (nSPS) is 10.8. The number of hydrogen-bond acceptors (Lipinski definition) is 6. The number of nitrogens with one attached hydrogen (secondary N) is 1. The van der Waals surface area contributed by atoms with Gasteiger partial charge in [-0.2, -0.15) is 5.10 Å². The average molecular weight is 353 g/mol. The molecular formula is C19H19N3O2S. The minimum absolute atomic E-state index is 0.669. The number of aryl methyl sites for hydroxylation is 1. The molecule has 0 aliphatic rings. The van der Waals surface area contributed by atoms with Gasteiger partial charge in [-0.15, -0.1) is 11.3 Å². The van der Waals surface area contributed by atoms with Crippen LogP contribution in [-0.2, 0) is 0 Å². The molecular weight excluding hydrogens is 334 g/mol. The number of methoxy groups -OCH3 is 2. The smallest absolute Gasteiger partial charge is 0.203 e. The summed E-state index contributed by atoms with van der Waals surface area (Å²) in [6.45, 7) is 2.07. The number of benzene rings is 2. The zero-order valence-electron chi connectivity index (χ0n) is 14.3. The second-order valence-electron chi connectivity index (χ2n) is 5.39. The van der Waals surface area contributed by atoms with Gasteiger partial charge in [0, 0.05) is 10.9 Å². The van der Waals surface area contributed by atoms with E-state index < -0.39 is 0 Å². The van der Waals surface area contributed by atoms with Crippen molar-refractivity contribution in [3.8, 4) is 22.8 Å².